The maximum atomic E-state index is 13.5. The van der Waals surface area contributed by atoms with Crippen LogP contribution in [-0.4, -0.2) is 52.5 Å². The molecular formula is C21H38F2N2. The number of hydrogen-bond donors (Lipinski definition) is 0. The molecule has 3 fully saturated rings. The van der Waals surface area contributed by atoms with Gasteiger partial charge in [-0.05, 0) is 78.7 Å². The molecule has 3 atom stereocenters. The minimum atomic E-state index is -2.44. The molecule has 4 heteroatoms. The molecule has 0 aromatic heterocycles. The van der Waals surface area contributed by atoms with E-state index in [-0.39, 0.29) is 23.9 Å². The average molecular weight is 357 g/mol. The van der Waals surface area contributed by atoms with Crippen LogP contribution < -0.4 is 0 Å². The van der Waals surface area contributed by atoms with Gasteiger partial charge >= 0.3 is 0 Å². The molecule has 0 spiro atoms. The summed E-state index contributed by atoms with van der Waals surface area (Å²) in [6.07, 6.45) is 6.55. The van der Waals surface area contributed by atoms with Gasteiger partial charge in [0.05, 0.1) is 0 Å². The highest BCUT2D eigenvalue weighted by Gasteiger charge is 2.47. The third-order valence-electron chi connectivity index (χ3n) is 7.25. The second-order valence-electron chi connectivity index (χ2n) is 10.4. The molecule has 0 radical (unpaired) electrons. The van der Waals surface area contributed by atoms with Crippen LogP contribution in [0.15, 0.2) is 0 Å². The number of halogens is 2. The van der Waals surface area contributed by atoms with E-state index in [0.717, 1.165) is 24.3 Å². The fourth-order valence-electron chi connectivity index (χ4n) is 5.89. The molecule has 2 nitrogen and oxygen atoms in total. The molecule has 146 valence electrons. The van der Waals surface area contributed by atoms with Crippen molar-refractivity contribution in [3.8, 4) is 0 Å². The molecule has 2 heterocycles. The Bertz CT molecular complexity index is 459. The summed E-state index contributed by atoms with van der Waals surface area (Å²) in [6, 6.07) is 0.736. The van der Waals surface area contributed by atoms with Gasteiger partial charge in [0.25, 0.3) is 5.92 Å². The third-order valence-corrected chi connectivity index (χ3v) is 7.25. The van der Waals surface area contributed by atoms with Gasteiger partial charge in [-0.25, -0.2) is 8.78 Å². The van der Waals surface area contributed by atoms with Gasteiger partial charge in [0.1, 0.15) is 0 Å². The van der Waals surface area contributed by atoms with Crippen molar-refractivity contribution in [1.29, 1.82) is 0 Å². The van der Waals surface area contributed by atoms with Crippen LogP contribution in [0.1, 0.15) is 79.6 Å². The van der Waals surface area contributed by atoms with E-state index in [2.05, 4.69) is 44.4 Å². The Morgan fingerprint density at radius 2 is 1.56 bits per heavy atom. The lowest BCUT2D eigenvalue weighted by atomic mass is 9.73. The summed E-state index contributed by atoms with van der Waals surface area (Å²) in [6.45, 7) is 13.9. The smallest absolute Gasteiger partial charge is 0.250 e. The molecule has 0 aromatic rings. The fourth-order valence-corrected chi connectivity index (χ4v) is 5.89. The normalized spacial score (nSPS) is 34.9. The Morgan fingerprint density at radius 1 is 0.920 bits per heavy atom. The first kappa shape index (κ1) is 19.5. The molecule has 0 amide bonds. The highest BCUT2D eigenvalue weighted by molar-refractivity contribution is 5.00. The van der Waals surface area contributed by atoms with E-state index >= 15 is 0 Å². The van der Waals surface area contributed by atoms with E-state index in [1.54, 1.807) is 0 Å². The second-order valence-corrected chi connectivity index (χ2v) is 10.4. The van der Waals surface area contributed by atoms with E-state index in [4.69, 9.17) is 0 Å². The van der Waals surface area contributed by atoms with Crippen LogP contribution in [-0.2, 0) is 0 Å². The van der Waals surface area contributed by atoms with Crippen molar-refractivity contribution in [2.75, 3.05) is 19.6 Å². The molecular weight excluding hydrogens is 318 g/mol. The van der Waals surface area contributed by atoms with Crippen molar-refractivity contribution in [1.82, 2.24) is 9.80 Å². The summed E-state index contributed by atoms with van der Waals surface area (Å²) in [5.41, 5.74) is 0.296. The monoisotopic (exact) mass is 356 g/mol. The van der Waals surface area contributed by atoms with Gasteiger partial charge in [-0.3, -0.25) is 9.80 Å². The zero-order valence-corrected chi connectivity index (χ0v) is 17.0. The van der Waals surface area contributed by atoms with Crippen molar-refractivity contribution < 1.29 is 8.78 Å². The summed E-state index contributed by atoms with van der Waals surface area (Å²) < 4.78 is 27.0. The fraction of sp³-hybridized carbons (Fsp3) is 1.00. The van der Waals surface area contributed by atoms with Gasteiger partial charge in [-0.1, -0.05) is 6.42 Å². The summed E-state index contributed by atoms with van der Waals surface area (Å²) >= 11 is 0. The molecule has 3 aliphatic rings. The van der Waals surface area contributed by atoms with Crippen LogP contribution in [0.25, 0.3) is 0 Å². The number of nitrogens with zero attached hydrogens (tertiary/aromatic N) is 2. The maximum absolute atomic E-state index is 13.5. The molecule has 25 heavy (non-hydrogen) atoms. The minimum absolute atomic E-state index is 0.0327. The molecule has 3 rings (SSSR count). The lowest BCUT2D eigenvalue weighted by Gasteiger charge is -2.51. The molecule has 0 aromatic carbocycles. The predicted octanol–water partition coefficient (Wildman–Crippen LogP) is 5.18. The van der Waals surface area contributed by atoms with E-state index < -0.39 is 5.92 Å². The van der Waals surface area contributed by atoms with Gasteiger partial charge in [0, 0.05) is 43.1 Å². The standard InChI is InChI=1S/C21H38F2N2/c1-19(2,3)25-12-9-16(17-7-6-8-18(17)25)15-20(4,5)24-13-10-21(22,23)11-14-24/h16-18H,6-15H2,1-5H3. The number of fused-ring (bicyclic) bond motifs is 1. The van der Waals surface area contributed by atoms with Crippen LogP contribution in [0, 0.1) is 11.8 Å². The predicted molar refractivity (Wildman–Crippen MR) is 100 cm³/mol. The van der Waals surface area contributed by atoms with Crippen molar-refractivity contribution in [3.63, 3.8) is 0 Å². The Hall–Kier alpha value is -0.220. The summed E-state index contributed by atoms with van der Waals surface area (Å²) in [5, 5.41) is 0. The zero-order chi connectivity index (χ0) is 18.5. The average Bonchev–Trinajstić information content (AvgIpc) is 2.95. The number of hydrogen-bond acceptors (Lipinski definition) is 2. The Labute approximate surface area is 153 Å². The number of alkyl halides is 2. The minimum Gasteiger partial charge on any atom is -0.298 e. The molecule has 2 aliphatic heterocycles. The number of rotatable bonds is 3. The Kier molecular flexibility index (Phi) is 5.27. The van der Waals surface area contributed by atoms with Crippen LogP contribution in [0.4, 0.5) is 8.78 Å². The third kappa shape index (κ3) is 4.21. The first-order valence-electron chi connectivity index (χ1n) is 10.4. The summed E-state index contributed by atoms with van der Waals surface area (Å²) in [5.74, 6) is -0.886. The molecule has 0 bridgehead atoms. The van der Waals surface area contributed by atoms with Crippen LogP contribution in [0.5, 0.6) is 0 Å². The van der Waals surface area contributed by atoms with Gasteiger partial charge in [0.2, 0.25) is 0 Å². The first-order valence-corrected chi connectivity index (χ1v) is 10.4. The van der Waals surface area contributed by atoms with Gasteiger partial charge in [-0.15, -0.1) is 0 Å². The van der Waals surface area contributed by atoms with Gasteiger partial charge in [0.15, 0.2) is 0 Å². The lowest BCUT2D eigenvalue weighted by molar-refractivity contribution is -0.0817. The summed E-state index contributed by atoms with van der Waals surface area (Å²) in [4.78, 5) is 5.08. The molecule has 3 unspecified atom stereocenters. The van der Waals surface area contributed by atoms with Crippen molar-refractivity contribution in [2.45, 2.75) is 103 Å². The summed E-state index contributed by atoms with van der Waals surface area (Å²) in [7, 11) is 0. The molecule has 0 N–H and O–H groups in total. The van der Waals surface area contributed by atoms with Crippen molar-refractivity contribution in [3.05, 3.63) is 0 Å². The highest BCUT2D eigenvalue weighted by Crippen LogP contribution is 2.46. The lowest BCUT2D eigenvalue weighted by Crippen LogP contribution is -2.57. The SMILES string of the molecule is CC(C)(C)N1CCC(CC(C)(C)N2CCC(F)(F)CC2)C2CCCC21. The van der Waals surface area contributed by atoms with E-state index in [1.165, 1.54) is 32.2 Å². The Morgan fingerprint density at radius 3 is 2.16 bits per heavy atom. The van der Waals surface area contributed by atoms with E-state index in [0.29, 0.717) is 13.1 Å². The zero-order valence-electron chi connectivity index (χ0n) is 17.0. The van der Waals surface area contributed by atoms with Gasteiger partial charge < -0.3 is 0 Å². The molecule has 2 saturated heterocycles. The van der Waals surface area contributed by atoms with Gasteiger partial charge in [-0.2, -0.15) is 0 Å². The Balaban J connectivity index is 1.65. The largest absolute Gasteiger partial charge is 0.298 e. The van der Waals surface area contributed by atoms with Crippen LogP contribution in [0.3, 0.4) is 0 Å². The maximum Gasteiger partial charge on any atom is 0.250 e. The number of piperidine rings is 2. The quantitative estimate of drug-likeness (QED) is 0.688. The van der Waals surface area contributed by atoms with Crippen LogP contribution >= 0.6 is 0 Å². The highest BCUT2D eigenvalue weighted by atomic mass is 19.3. The van der Waals surface area contributed by atoms with Crippen LogP contribution in [0.2, 0.25) is 0 Å². The number of likely N-dealkylation sites (tertiary alicyclic amines) is 2. The van der Waals surface area contributed by atoms with E-state index in [9.17, 15) is 8.78 Å². The second kappa shape index (κ2) is 6.74. The van der Waals surface area contributed by atoms with Crippen molar-refractivity contribution >= 4 is 0 Å². The van der Waals surface area contributed by atoms with Crippen molar-refractivity contribution in [2.24, 2.45) is 11.8 Å². The first-order chi connectivity index (χ1) is 11.5. The molecule has 1 saturated carbocycles. The molecule has 1 aliphatic carbocycles. The topological polar surface area (TPSA) is 6.48 Å². The van der Waals surface area contributed by atoms with E-state index in [1.807, 2.05) is 0 Å².